The van der Waals surface area contributed by atoms with Gasteiger partial charge in [-0.3, -0.25) is 4.79 Å². The number of rotatable bonds is 3. The molecular weight excluding hydrogens is 148 g/mol. The van der Waals surface area contributed by atoms with Gasteiger partial charge in [-0.2, -0.15) is 0 Å². The van der Waals surface area contributed by atoms with E-state index in [-0.39, 0.29) is 6.42 Å². The molecule has 1 unspecified atom stereocenters. The molecule has 0 aliphatic rings. The second-order valence-electron chi connectivity index (χ2n) is 1.91. The molecule has 0 amide bonds. The van der Waals surface area contributed by atoms with Crippen molar-refractivity contribution in [3.63, 3.8) is 0 Å². The van der Waals surface area contributed by atoms with Crippen molar-refractivity contribution in [1.29, 1.82) is 0 Å². The van der Waals surface area contributed by atoms with Gasteiger partial charge in [-0.1, -0.05) is 0 Å². The van der Waals surface area contributed by atoms with Gasteiger partial charge in [-0.25, -0.2) is 4.79 Å². The molecule has 0 rings (SSSR count). The molecule has 0 heterocycles. The third-order valence-electron chi connectivity index (χ3n) is 1.05. The van der Waals surface area contributed by atoms with Crippen LogP contribution < -0.4 is 0 Å². The summed E-state index contributed by atoms with van der Waals surface area (Å²) in [5, 5.41) is 0. The van der Waals surface area contributed by atoms with E-state index in [4.69, 9.17) is 0 Å². The molecule has 0 N–H and O–H groups in total. The van der Waals surface area contributed by atoms with Crippen molar-refractivity contribution in [2.45, 2.75) is 19.4 Å². The number of hydrogen-bond donors (Lipinski definition) is 0. The lowest BCUT2D eigenvalue weighted by Gasteiger charge is -2.08. The molecule has 4 nitrogen and oxygen atoms in total. The Bertz CT molecular complexity index is 153. The van der Waals surface area contributed by atoms with Gasteiger partial charge in [0.25, 0.3) is 0 Å². The molecule has 0 aliphatic carbocycles. The van der Waals surface area contributed by atoms with Crippen LogP contribution in [0.25, 0.3) is 0 Å². The topological polar surface area (TPSA) is 52.6 Å². The second-order valence-corrected chi connectivity index (χ2v) is 1.91. The van der Waals surface area contributed by atoms with Crippen molar-refractivity contribution in [3.8, 4) is 0 Å². The molecule has 0 saturated heterocycles. The minimum atomic E-state index is -0.839. The summed E-state index contributed by atoms with van der Waals surface area (Å²) < 4.78 is 8.90. The first kappa shape index (κ1) is 9.94. The average Bonchev–Trinajstić information content (AvgIpc) is 2.02. The van der Waals surface area contributed by atoms with Gasteiger partial charge in [0.2, 0.25) is 0 Å². The van der Waals surface area contributed by atoms with Crippen LogP contribution in [0.15, 0.2) is 0 Å². The summed E-state index contributed by atoms with van der Waals surface area (Å²) >= 11 is 0. The van der Waals surface area contributed by atoms with E-state index in [1.807, 2.05) is 0 Å². The van der Waals surface area contributed by atoms with Gasteiger partial charge in [0.1, 0.15) is 0 Å². The van der Waals surface area contributed by atoms with Crippen LogP contribution in [0.5, 0.6) is 0 Å². The van der Waals surface area contributed by atoms with Crippen molar-refractivity contribution in [2.24, 2.45) is 0 Å². The Labute approximate surface area is 65.5 Å². The first-order valence-electron chi connectivity index (χ1n) is 3.18. The molecule has 4 heteroatoms. The molecule has 11 heavy (non-hydrogen) atoms. The molecule has 0 aromatic rings. The van der Waals surface area contributed by atoms with Crippen molar-refractivity contribution >= 4 is 11.9 Å². The quantitative estimate of drug-likeness (QED) is 0.556. The molecular formula is C7H11O4. The van der Waals surface area contributed by atoms with Crippen LogP contribution in [-0.2, 0) is 19.1 Å². The van der Waals surface area contributed by atoms with Crippen LogP contribution in [0.4, 0.5) is 0 Å². The highest BCUT2D eigenvalue weighted by atomic mass is 16.6. The van der Waals surface area contributed by atoms with Crippen LogP contribution in [0.1, 0.15) is 13.3 Å². The largest absolute Gasteiger partial charge is 0.466 e. The average molecular weight is 159 g/mol. The van der Waals surface area contributed by atoms with E-state index >= 15 is 0 Å². The van der Waals surface area contributed by atoms with E-state index in [1.165, 1.54) is 14.0 Å². The third-order valence-corrected chi connectivity index (χ3v) is 1.05. The molecule has 0 fully saturated rings. The highest BCUT2D eigenvalue weighted by Gasteiger charge is 2.16. The maximum atomic E-state index is 10.6. The maximum Gasteiger partial charge on any atom is 0.346 e. The fourth-order valence-electron chi connectivity index (χ4n) is 0.470. The van der Waals surface area contributed by atoms with Gasteiger partial charge in [0.05, 0.1) is 7.11 Å². The monoisotopic (exact) mass is 159 g/mol. The Morgan fingerprint density at radius 3 is 2.45 bits per heavy atom. The molecule has 1 radical (unpaired) electrons. The summed E-state index contributed by atoms with van der Waals surface area (Å²) in [5.41, 5.74) is 0. The number of hydrogen-bond acceptors (Lipinski definition) is 4. The van der Waals surface area contributed by atoms with E-state index in [0.717, 1.165) is 0 Å². The Kier molecular flexibility index (Phi) is 4.26. The Hall–Kier alpha value is -1.06. The zero-order valence-electron chi connectivity index (χ0n) is 6.62. The first-order valence-corrected chi connectivity index (χ1v) is 3.18. The normalized spacial score (nSPS) is 11.9. The van der Waals surface area contributed by atoms with Gasteiger partial charge in [-0.05, 0) is 13.8 Å². The van der Waals surface area contributed by atoms with Crippen LogP contribution >= 0.6 is 0 Å². The summed E-state index contributed by atoms with van der Waals surface area (Å²) in [6.07, 6.45) is -0.823. The number of carbonyl (C=O) groups is 2. The lowest BCUT2D eigenvalue weighted by atomic mass is 10.4. The van der Waals surface area contributed by atoms with Crippen molar-refractivity contribution in [2.75, 3.05) is 7.11 Å². The number of ether oxygens (including phenoxy) is 2. The van der Waals surface area contributed by atoms with Crippen molar-refractivity contribution in [1.82, 2.24) is 0 Å². The van der Waals surface area contributed by atoms with E-state index in [2.05, 4.69) is 16.4 Å². The molecule has 0 aromatic heterocycles. The molecule has 0 aromatic carbocycles. The first-order chi connectivity index (χ1) is 5.11. The fraction of sp³-hybridized carbons (Fsp3) is 0.571. The zero-order valence-corrected chi connectivity index (χ0v) is 6.62. The highest BCUT2D eigenvalue weighted by molar-refractivity contribution is 5.78. The second kappa shape index (κ2) is 4.71. The van der Waals surface area contributed by atoms with Crippen LogP contribution in [0.3, 0.4) is 0 Å². The predicted octanol–water partition coefficient (Wildman–Crippen LogP) is 0.315. The molecule has 0 bridgehead atoms. The Morgan fingerprint density at radius 2 is 2.09 bits per heavy atom. The smallest absolute Gasteiger partial charge is 0.346 e. The SMILES string of the molecule is [CH2]CC(=O)OC(C)C(=O)OC. The number of carbonyl (C=O) groups excluding carboxylic acids is 2. The minimum absolute atomic E-state index is 0.0152. The van der Waals surface area contributed by atoms with Gasteiger partial charge in [-0.15, -0.1) is 0 Å². The highest BCUT2D eigenvalue weighted by Crippen LogP contribution is 1.95. The third kappa shape index (κ3) is 3.60. The predicted molar refractivity (Wildman–Crippen MR) is 37.5 cm³/mol. The van der Waals surface area contributed by atoms with Crippen LogP contribution in [-0.4, -0.2) is 25.2 Å². The van der Waals surface area contributed by atoms with Crippen molar-refractivity contribution < 1.29 is 19.1 Å². The lowest BCUT2D eigenvalue weighted by molar-refractivity contribution is -0.164. The van der Waals surface area contributed by atoms with Crippen molar-refractivity contribution in [3.05, 3.63) is 6.92 Å². The van der Waals surface area contributed by atoms with Gasteiger partial charge >= 0.3 is 11.9 Å². The fourth-order valence-corrected chi connectivity index (χ4v) is 0.470. The zero-order chi connectivity index (χ0) is 8.85. The summed E-state index contributed by atoms with van der Waals surface area (Å²) in [6, 6.07) is 0. The summed E-state index contributed by atoms with van der Waals surface area (Å²) in [5.74, 6) is -1.07. The van der Waals surface area contributed by atoms with E-state index in [9.17, 15) is 9.59 Å². The van der Waals surface area contributed by atoms with E-state index in [1.54, 1.807) is 0 Å². The van der Waals surface area contributed by atoms with E-state index < -0.39 is 18.0 Å². The summed E-state index contributed by atoms with van der Waals surface area (Å²) in [4.78, 5) is 21.2. The molecule has 0 spiro atoms. The number of esters is 2. The van der Waals surface area contributed by atoms with Gasteiger partial charge < -0.3 is 9.47 Å². The minimum Gasteiger partial charge on any atom is -0.466 e. The molecule has 0 aliphatic heterocycles. The summed E-state index contributed by atoms with van der Waals surface area (Å²) in [7, 11) is 1.23. The molecule has 0 saturated carbocycles. The van der Waals surface area contributed by atoms with Gasteiger partial charge in [0.15, 0.2) is 6.10 Å². The Balaban J connectivity index is 3.77. The number of methoxy groups -OCH3 is 1. The molecule has 1 atom stereocenters. The Morgan fingerprint density at radius 1 is 1.55 bits per heavy atom. The maximum absolute atomic E-state index is 10.6. The lowest BCUT2D eigenvalue weighted by Crippen LogP contribution is -2.24. The summed E-state index contributed by atoms with van der Waals surface area (Å²) in [6.45, 7) is 4.74. The molecule has 63 valence electrons. The van der Waals surface area contributed by atoms with Gasteiger partial charge in [0, 0.05) is 6.42 Å². The van der Waals surface area contributed by atoms with E-state index in [0.29, 0.717) is 0 Å². The van der Waals surface area contributed by atoms with Crippen LogP contribution in [0, 0.1) is 6.92 Å². The standard InChI is InChI=1S/C7H11O4/c1-4-6(8)11-5(2)7(9)10-3/h5H,1,4H2,2-3H3. The van der Waals surface area contributed by atoms with Crippen LogP contribution in [0.2, 0.25) is 0 Å².